The van der Waals surface area contributed by atoms with E-state index in [1.807, 2.05) is 48.5 Å². The maximum atomic E-state index is 13.6. The summed E-state index contributed by atoms with van der Waals surface area (Å²) < 4.78 is 28.0. The van der Waals surface area contributed by atoms with Gasteiger partial charge in [-0.05, 0) is 55.0 Å². The van der Waals surface area contributed by atoms with Crippen molar-refractivity contribution in [2.75, 3.05) is 6.54 Å². The van der Waals surface area contributed by atoms with Crippen molar-refractivity contribution in [1.29, 1.82) is 0 Å². The van der Waals surface area contributed by atoms with Gasteiger partial charge in [-0.2, -0.15) is 4.31 Å². The number of rotatable bonds is 12. The minimum absolute atomic E-state index is 0.0776. The van der Waals surface area contributed by atoms with Gasteiger partial charge >= 0.3 is 0 Å². The number of amides is 3. The quantitative estimate of drug-likeness (QED) is 0.281. The van der Waals surface area contributed by atoms with Crippen LogP contribution in [0.2, 0.25) is 10.0 Å². The van der Waals surface area contributed by atoms with Crippen molar-refractivity contribution in [3.05, 3.63) is 100 Å². The Hall–Kier alpha value is -3.44. The summed E-state index contributed by atoms with van der Waals surface area (Å²) in [7, 11) is -4.08. The molecule has 4 N–H and O–H groups in total. The highest BCUT2D eigenvalue weighted by molar-refractivity contribution is 7.89. The molecule has 1 aliphatic rings. The van der Waals surface area contributed by atoms with Crippen molar-refractivity contribution in [3.63, 3.8) is 0 Å². The largest absolute Gasteiger partial charge is 0.368 e. The number of primary amides is 1. The Morgan fingerprint density at radius 1 is 0.881 bits per heavy atom. The lowest BCUT2D eigenvalue weighted by molar-refractivity contribution is -0.132. The first-order chi connectivity index (χ1) is 20.1. The van der Waals surface area contributed by atoms with Crippen LogP contribution in [0.25, 0.3) is 0 Å². The van der Waals surface area contributed by atoms with E-state index >= 15 is 0 Å². The minimum Gasteiger partial charge on any atom is -0.368 e. The molecule has 0 spiro atoms. The first-order valence-corrected chi connectivity index (χ1v) is 15.7. The Morgan fingerprint density at radius 2 is 1.52 bits per heavy atom. The number of nitrogens with two attached hydrogens (primary N) is 1. The van der Waals surface area contributed by atoms with Crippen LogP contribution < -0.4 is 16.4 Å². The summed E-state index contributed by atoms with van der Waals surface area (Å²) in [5, 5.41) is 5.72. The predicted molar refractivity (Wildman–Crippen MR) is 161 cm³/mol. The first-order valence-electron chi connectivity index (χ1n) is 13.5. The maximum Gasteiger partial charge on any atom is 0.243 e. The molecule has 0 bridgehead atoms. The van der Waals surface area contributed by atoms with Gasteiger partial charge in [-0.1, -0.05) is 83.9 Å². The number of halogens is 2. The summed E-state index contributed by atoms with van der Waals surface area (Å²) in [6.45, 7) is 0.124. The van der Waals surface area contributed by atoms with Gasteiger partial charge in [-0.25, -0.2) is 8.42 Å². The van der Waals surface area contributed by atoms with Crippen molar-refractivity contribution in [3.8, 4) is 0 Å². The van der Waals surface area contributed by atoms with Gasteiger partial charge < -0.3 is 16.4 Å². The van der Waals surface area contributed by atoms with Crippen molar-refractivity contribution in [1.82, 2.24) is 14.9 Å². The molecule has 0 saturated carbocycles. The van der Waals surface area contributed by atoms with Crippen LogP contribution in [0.15, 0.2) is 83.8 Å². The van der Waals surface area contributed by atoms with E-state index in [0.29, 0.717) is 12.8 Å². The topological polar surface area (TPSA) is 139 Å². The molecule has 9 nitrogen and oxygen atoms in total. The van der Waals surface area contributed by atoms with E-state index in [4.69, 9.17) is 28.9 Å². The summed E-state index contributed by atoms with van der Waals surface area (Å²) in [5.41, 5.74) is 7.36. The lowest BCUT2D eigenvalue weighted by Crippen LogP contribution is -2.56. The van der Waals surface area contributed by atoms with Gasteiger partial charge in [0.2, 0.25) is 27.7 Å². The lowest BCUT2D eigenvalue weighted by atomic mass is 10.0. The van der Waals surface area contributed by atoms with Gasteiger partial charge in [-0.3, -0.25) is 14.4 Å². The summed E-state index contributed by atoms with van der Waals surface area (Å²) in [6.07, 6.45) is 1.63. The highest BCUT2D eigenvalue weighted by atomic mass is 35.5. The molecule has 1 fully saturated rings. The molecule has 0 aliphatic carbocycles. The van der Waals surface area contributed by atoms with E-state index in [2.05, 4.69) is 10.6 Å². The second-order valence-corrected chi connectivity index (χ2v) is 12.8. The standard InChI is InChI=1S/C30H32Cl2N4O5S/c31-23-15-14-22(19-24(23)32)42(40,41)36-17-7-12-27(36)30(39)35-26(18-21-10-5-2-6-11-21)29(38)34-25(28(33)37)16-13-20-8-3-1-4-9-20/h1-6,8-11,14-15,19,25-27H,7,12-13,16-18H2,(H2,33,37)(H,34,38)(H,35,39)/t25-,26-,27?/m0/s1. The second-order valence-electron chi connectivity index (χ2n) is 10.1. The molecule has 3 aromatic carbocycles. The predicted octanol–water partition coefficient (Wildman–Crippen LogP) is 3.48. The Kier molecular flexibility index (Phi) is 10.6. The molecule has 3 aromatic rings. The number of hydrogen-bond donors (Lipinski definition) is 3. The zero-order valence-corrected chi connectivity index (χ0v) is 25.0. The third kappa shape index (κ3) is 7.89. The monoisotopic (exact) mass is 630 g/mol. The van der Waals surface area contributed by atoms with Crippen molar-refractivity contribution >= 4 is 50.9 Å². The van der Waals surface area contributed by atoms with E-state index in [1.165, 1.54) is 18.2 Å². The number of nitrogens with zero attached hydrogens (tertiary/aromatic N) is 1. The van der Waals surface area contributed by atoms with Gasteiger partial charge in [0.15, 0.2) is 0 Å². The lowest BCUT2D eigenvalue weighted by Gasteiger charge is -2.27. The number of hydrogen-bond acceptors (Lipinski definition) is 5. The van der Waals surface area contributed by atoms with Crippen LogP contribution in [0.1, 0.15) is 30.4 Å². The third-order valence-corrected chi connectivity index (χ3v) is 9.79. The van der Waals surface area contributed by atoms with Crippen LogP contribution in [0, 0.1) is 0 Å². The highest BCUT2D eigenvalue weighted by Crippen LogP contribution is 2.30. The molecule has 0 aromatic heterocycles. The second kappa shape index (κ2) is 14.2. The Balaban J connectivity index is 1.52. The fourth-order valence-electron chi connectivity index (χ4n) is 4.90. The van der Waals surface area contributed by atoms with Crippen LogP contribution in [0.3, 0.4) is 0 Å². The van der Waals surface area contributed by atoms with E-state index in [9.17, 15) is 22.8 Å². The molecule has 3 atom stereocenters. The average Bonchev–Trinajstić information content (AvgIpc) is 3.48. The van der Waals surface area contributed by atoms with Crippen molar-refractivity contribution in [2.45, 2.75) is 55.1 Å². The number of carbonyl (C=O) groups excluding carboxylic acids is 3. The summed E-state index contributed by atoms with van der Waals surface area (Å²) in [4.78, 5) is 39.2. The van der Waals surface area contributed by atoms with Crippen LogP contribution in [0.4, 0.5) is 0 Å². The fourth-order valence-corrected chi connectivity index (χ4v) is 6.95. The van der Waals surface area contributed by atoms with Gasteiger partial charge in [0.25, 0.3) is 0 Å². The van der Waals surface area contributed by atoms with Crippen molar-refractivity contribution in [2.24, 2.45) is 5.73 Å². The van der Waals surface area contributed by atoms with E-state index in [1.54, 1.807) is 12.1 Å². The molecular weight excluding hydrogens is 599 g/mol. The zero-order chi connectivity index (χ0) is 30.3. The molecule has 1 aliphatic heterocycles. The molecule has 222 valence electrons. The molecule has 1 saturated heterocycles. The van der Waals surface area contributed by atoms with E-state index in [-0.39, 0.29) is 40.7 Å². The van der Waals surface area contributed by atoms with Gasteiger partial charge in [0.05, 0.1) is 14.9 Å². The van der Waals surface area contributed by atoms with Crippen LogP contribution in [-0.2, 0) is 37.2 Å². The Morgan fingerprint density at radius 3 is 2.14 bits per heavy atom. The number of benzene rings is 3. The SMILES string of the molecule is NC(=O)[C@H](CCc1ccccc1)NC(=O)[C@H](Cc1ccccc1)NC(=O)C1CCCN1S(=O)(=O)c1ccc(Cl)c(Cl)c1. The van der Waals surface area contributed by atoms with Gasteiger partial charge in [-0.15, -0.1) is 0 Å². The van der Waals surface area contributed by atoms with E-state index in [0.717, 1.165) is 15.4 Å². The highest BCUT2D eigenvalue weighted by Gasteiger charge is 2.41. The van der Waals surface area contributed by atoms with Gasteiger partial charge in [0, 0.05) is 13.0 Å². The average molecular weight is 632 g/mol. The number of carbonyl (C=O) groups is 3. The number of nitrogens with one attached hydrogen (secondary N) is 2. The smallest absolute Gasteiger partial charge is 0.243 e. The molecule has 1 heterocycles. The molecule has 42 heavy (non-hydrogen) atoms. The summed E-state index contributed by atoms with van der Waals surface area (Å²) >= 11 is 12.0. The summed E-state index contributed by atoms with van der Waals surface area (Å²) in [5.74, 6) is -1.91. The van der Waals surface area contributed by atoms with Crippen LogP contribution >= 0.6 is 23.2 Å². The third-order valence-electron chi connectivity index (χ3n) is 7.14. The van der Waals surface area contributed by atoms with Crippen molar-refractivity contribution < 1.29 is 22.8 Å². The molecular formula is C30H32Cl2N4O5S. The number of sulfonamides is 1. The minimum atomic E-state index is -4.08. The molecule has 0 radical (unpaired) electrons. The normalized spacial score (nSPS) is 16.9. The van der Waals surface area contributed by atoms with Gasteiger partial charge in [0.1, 0.15) is 18.1 Å². The van der Waals surface area contributed by atoms with E-state index < -0.39 is 45.9 Å². The molecule has 3 amide bonds. The molecule has 12 heteroatoms. The fraction of sp³-hybridized carbons (Fsp3) is 0.300. The first kappa shape index (κ1) is 31.5. The van der Waals surface area contributed by atoms with Crippen LogP contribution in [0.5, 0.6) is 0 Å². The molecule has 4 rings (SSSR count). The Labute approximate surface area is 255 Å². The maximum absolute atomic E-state index is 13.6. The number of aryl methyl sites for hydroxylation is 1. The van der Waals surface area contributed by atoms with Crippen LogP contribution in [-0.4, -0.2) is 55.1 Å². The Bertz CT molecular complexity index is 1520. The molecule has 1 unspecified atom stereocenters. The zero-order valence-electron chi connectivity index (χ0n) is 22.7. The summed E-state index contributed by atoms with van der Waals surface area (Å²) in [6, 6.07) is 19.4.